The van der Waals surface area contributed by atoms with E-state index in [-0.39, 0.29) is 12.1 Å². The number of hydrogen-bond donors (Lipinski definition) is 1. The molecule has 0 saturated heterocycles. The van der Waals surface area contributed by atoms with Gasteiger partial charge in [-0.2, -0.15) is 12.6 Å². The van der Waals surface area contributed by atoms with Crippen LogP contribution in [-0.2, 0) is 9.53 Å². The van der Waals surface area contributed by atoms with E-state index in [1.54, 1.807) is 0 Å². The van der Waals surface area contributed by atoms with Gasteiger partial charge >= 0.3 is 5.97 Å². The van der Waals surface area contributed by atoms with Gasteiger partial charge in [-0.1, -0.05) is 6.42 Å². The van der Waals surface area contributed by atoms with Crippen LogP contribution in [0.3, 0.4) is 0 Å². The number of thiol groups is 1. The molecule has 2 nitrogen and oxygen atoms in total. The van der Waals surface area contributed by atoms with Gasteiger partial charge in [0.15, 0.2) is 0 Å². The zero-order valence-corrected chi connectivity index (χ0v) is 8.69. The molecule has 0 aliphatic heterocycles. The van der Waals surface area contributed by atoms with E-state index in [2.05, 4.69) is 12.6 Å². The van der Waals surface area contributed by atoms with E-state index in [9.17, 15) is 4.79 Å². The van der Waals surface area contributed by atoms with Gasteiger partial charge in [-0.15, -0.1) is 0 Å². The minimum atomic E-state index is -0.405. The minimum absolute atomic E-state index is 0.0808. The Morgan fingerprint density at radius 3 is 2.38 bits per heavy atom. The summed E-state index contributed by atoms with van der Waals surface area (Å²) < 4.78 is 5.00. The van der Waals surface area contributed by atoms with Crippen molar-refractivity contribution >= 4 is 18.6 Å². The maximum absolute atomic E-state index is 11.5. The van der Waals surface area contributed by atoms with Crippen LogP contribution in [0.4, 0.5) is 0 Å². The van der Waals surface area contributed by atoms with E-state index in [0.717, 1.165) is 25.7 Å². The maximum Gasteiger partial charge on any atom is 0.322 e. The highest BCUT2D eigenvalue weighted by molar-refractivity contribution is 7.83. The molecule has 3 heteroatoms. The zero-order valence-electron chi connectivity index (χ0n) is 7.79. The van der Waals surface area contributed by atoms with Crippen LogP contribution in [0.15, 0.2) is 0 Å². The average molecular weight is 200 g/mol. The summed E-state index contributed by atoms with van der Waals surface area (Å²) in [5.41, 5.74) is 0. The van der Waals surface area contributed by atoms with Gasteiger partial charge < -0.3 is 4.74 Å². The highest BCUT2D eigenvalue weighted by atomic mass is 32.1. The summed E-state index contributed by atoms with van der Waals surface area (Å²) in [6, 6.07) is 0. The molecular formula is C10H16O2S. The van der Waals surface area contributed by atoms with E-state index >= 15 is 0 Å². The molecule has 0 unspecified atom stereocenters. The number of ether oxygens (including phenoxy) is 1. The molecule has 0 spiro atoms. The molecule has 0 aromatic carbocycles. The van der Waals surface area contributed by atoms with Crippen molar-refractivity contribution in [1.82, 2.24) is 0 Å². The molecule has 2 aliphatic carbocycles. The Morgan fingerprint density at radius 1 is 1.23 bits per heavy atom. The first-order valence-corrected chi connectivity index (χ1v) is 5.59. The molecule has 2 fully saturated rings. The van der Waals surface area contributed by atoms with Crippen molar-refractivity contribution in [2.45, 2.75) is 55.8 Å². The number of carbonyl (C=O) groups excluding carboxylic acids is 1. The van der Waals surface area contributed by atoms with Crippen molar-refractivity contribution in [3.8, 4) is 0 Å². The van der Waals surface area contributed by atoms with Gasteiger partial charge in [0, 0.05) is 0 Å². The molecule has 74 valence electrons. The number of carbonyl (C=O) groups is 1. The third kappa shape index (κ3) is 2.19. The molecule has 0 radical (unpaired) electrons. The number of esters is 1. The first-order chi connectivity index (χ1) is 6.21. The van der Waals surface area contributed by atoms with Gasteiger partial charge in [0.25, 0.3) is 0 Å². The lowest BCUT2D eigenvalue weighted by atomic mass is 9.98. The SMILES string of the molecule is O=C(OC1CCCCC1)C1(S)CC1. The summed E-state index contributed by atoms with van der Waals surface area (Å²) >= 11 is 4.29. The van der Waals surface area contributed by atoms with Gasteiger partial charge in [-0.05, 0) is 38.5 Å². The monoisotopic (exact) mass is 200 g/mol. The predicted molar refractivity (Wildman–Crippen MR) is 53.9 cm³/mol. The largest absolute Gasteiger partial charge is 0.461 e. The summed E-state index contributed by atoms with van der Waals surface area (Å²) in [6.45, 7) is 0. The van der Waals surface area contributed by atoms with Gasteiger partial charge in [0.05, 0.1) is 0 Å². The Labute approximate surface area is 84.4 Å². The molecule has 0 aromatic rings. The van der Waals surface area contributed by atoms with Gasteiger partial charge in [0.2, 0.25) is 0 Å². The van der Waals surface area contributed by atoms with Crippen LogP contribution in [0.5, 0.6) is 0 Å². The third-order valence-corrected chi connectivity index (χ3v) is 3.56. The predicted octanol–water partition coefficient (Wildman–Crippen LogP) is 2.32. The minimum Gasteiger partial charge on any atom is -0.461 e. The molecule has 0 aromatic heterocycles. The Kier molecular flexibility index (Phi) is 2.54. The van der Waals surface area contributed by atoms with Crippen LogP contribution < -0.4 is 0 Å². The standard InChI is InChI=1S/C10H16O2S/c11-9(10(13)6-7-10)12-8-4-2-1-3-5-8/h8,13H,1-7H2. The highest BCUT2D eigenvalue weighted by Gasteiger charge is 2.48. The topological polar surface area (TPSA) is 26.3 Å². The molecular weight excluding hydrogens is 184 g/mol. The van der Waals surface area contributed by atoms with E-state index in [1.165, 1.54) is 19.3 Å². The van der Waals surface area contributed by atoms with Crippen LogP contribution in [0.1, 0.15) is 44.9 Å². The highest BCUT2D eigenvalue weighted by Crippen LogP contribution is 2.43. The van der Waals surface area contributed by atoms with Crippen LogP contribution in [0, 0.1) is 0 Å². The Morgan fingerprint density at radius 2 is 1.85 bits per heavy atom. The first kappa shape index (κ1) is 9.38. The number of hydrogen-bond acceptors (Lipinski definition) is 3. The van der Waals surface area contributed by atoms with Crippen LogP contribution in [0.25, 0.3) is 0 Å². The second-order valence-electron chi connectivity index (χ2n) is 4.20. The first-order valence-electron chi connectivity index (χ1n) is 5.14. The molecule has 2 rings (SSSR count). The number of rotatable bonds is 2. The van der Waals surface area contributed by atoms with E-state index in [1.807, 2.05) is 0 Å². The Hall–Kier alpha value is -0.180. The molecule has 0 bridgehead atoms. The molecule has 0 atom stereocenters. The van der Waals surface area contributed by atoms with Gasteiger partial charge in [0.1, 0.15) is 10.9 Å². The molecule has 0 heterocycles. The van der Waals surface area contributed by atoms with Crippen molar-refractivity contribution in [3.63, 3.8) is 0 Å². The lowest BCUT2D eigenvalue weighted by Crippen LogP contribution is -2.27. The lowest BCUT2D eigenvalue weighted by Gasteiger charge is -2.23. The van der Waals surface area contributed by atoms with Crippen LogP contribution in [-0.4, -0.2) is 16.8 Å². The van der Waals surface area contributed by atoms with E-state index in [4.69, 9.17) is 4.74 Å². The Bertz CT molecular complexity index is 205. The second-order valence-corrected chi connectivity index (χ2v) is 5.05. The third-order valence-electron chi connectivity index (χ3n) is 2.93. The normalized spacial score (nSPS) is 26.8. The van der Waals surface area contributed by atoms with Crippen molar-refractivity contribution in [3.05, 3.63) is 0 Å². The van der Waals surface area contributed by atoms with Crippen molar-refractivity contribution in [2.24, 2.45) is 0 Å². The maximum atomic E-state index is 11.5. The molecule has 2 saturated carbocycles. The van der Waals surface area contributed by atoms with Gasteiger partial charge in [-0.25, -0.2) is 0 Å². The summed E-state index contributed by atoms with van der Waals surface area (Å²) in [5, 5.41) is 0. The lowest BCUT2D eigenvalue weighted by molar-refractivity contribution is -0.150. The molecule has 13 heavy (non-hydrogen) atoms. The van der Waals surface area contributed by atoms with Gasteiger partial charge in [-0.3, -0.25) is 4.79 Å². The zero-order chi connectivity index (χ0) is 9.31. The fourth-order valence-corrected chi connectivity index (χ4v) is 1.93. The average Bonchev–Trinajstić information content (AvgIpc) is 2.87. The molecule has 2 aliphatic rings. The Balaban J connectivity index is 1.79. The van der Waals surface area contributed by atoms with Crippen LogP contribution >= 0.6 is 12.6 Å². The summed E-state index contributed by atoms with van der Waals surface area (Å²) in [5.74, 6) is -0.0808. The van der Waals surface area contributed by atoms with Crippen molar-refractivity contribution in [1.29, 1.82) is 0 Å². The van der Waals surface area contributed by atoms with Crippen LogP contribution in [0.2, 0.25) is 0 Å². The fourth-order valence-electron chi connectivity index (χ4n) is 1.77. The smallest absolute Gasteiger partial charge is 0.322 e. The van der Waals surface area contributed by atoms with E-state index < -0.39 is 4.75 Å². The van der Waals surface area contributed by atoms with Crippen molar-refractivity contribution < 1.29 is 9.53 Å². The second kappa shape index (κ2) is 3.52. The molecule has 0 amide bonds. The fraction of sp³-hybridized carbons (Fsp3) is 0.900. The van der Waals surface area contributed by atoms with Crippen molar-refractivity contribution in [2.75, 3.05) is 0 Å². The molecule has 0 N–H and O–H groups in total. The summed E-state index contributed by atoms with van der Waals surface area (Å²) in [6.07, 6.45) is 7.77. The summed E-state index contributed by atoms with van der Waals surface area (Å²) in [4.78, 5) is 11.5. The van der Waals surface area contributed by atoms with E-state index in [0.29, 0.717) is 0 Å². The summed E-state index contributed by atoms with van der Waals surface area (Å²) in [7, 11) is 0. The quantitative estimate of drug-likeness (QED) is 0.547.